The maximum Gasteiger partial charge on any atom is 0.241 e. The normalized spacial score (nSPS) is 12.4. The summed E-state index contributed by atoms with van der Waals surface area (Å²) in [5.74, 6) is 1.86. The molecule has 1 aromatic carbocycles. The standard InChI is InChI=1S/C19H34N4O2S2.HI/c1-6-20-18(21-13-9-10-14-26-5)22-15-16-11-7-8-12-17(16)27(24,25)23-19(2,3)4;/h7-8,11-12,23H,6,9-10,13-15H2,1-5H3,(H2,20,21,22);1H. The van der Waals surface area contributed by atoms with E-state index in [9.17, 15) is 8.42 Å². The fourth-order valence-corrected chi connectivity index (χ4v) is 4.58. The molecule has 0 aliphatic carbocycles. The third kappa shape index (κ3) is 10.9. The van der Waals surface area contributed by atoms with Crippen LogP contribution in [0.4, 0.5) is 0 Å². The van der Waals surface area contributed by atoms with Gasteiger partial charge in [0.15, 0.2) is 5.96 Å². The van der Waals surface area contributed by atoms with Gasteiger partial charge in [-0.05, 0) is 64.2 Å². The molecule has 6 nitrogen and oxygen atoms in total. The van der Waals surface area contributed by atoms with Gasteiger partial charge in [0.05, 0.1) is 11.4 Å². The van der Waals surface area contributed by atoms with E-state index in [1.807, 2.05) is 51.6 Å². The number of halogens is 1. The van der Waals surface area contributed by atoms with E-state index in [-0.39, 0.29) is 28.9 Å². The van der Waals surface area contributed by atoms with Crippen LogP contribution in [0.1, 0.15) is 46.1 Å². The van der Waals surface area contributed by atoms with Crippen molar-refractivity contribution in [2.24, 2.45) is 4.99 Å². The van der Waals surface area contributed by atoms with E-state index < -0.39 is 15.6 Å². The highest BCUT2D eigenvalue weighted by atomic mass is 127. The number of sulfonamides is 1. The van der Waals surface area contributed by atoms with Crippen LogP contribution >= 0.6 is 35.7 Å². The topological polar surface area (TPSA) is 82.6 Å². The Hall–Kier alpha value is -0.520. The number of rotatable bonds is 10. The highest BCUT2D eigenvalue weighted by Gasteiger charge is 2.24. The van der Waals surface area contributed by atoms with Gasteiger partial charge in [0.2, 0.25) is 10.0 Å². The van der Waals surface area contributed by atoms with E-state index in [0.29, 0.717) is 18.1 Å². The van der Waals surface area contributed by atoms with Gasteiger partial charge in [-0.15, -0.1) is 24.0 Å². The molecule has 0 spiro atoms. The summed E-state index contributed by atoms with van der Waals surface area (Å²) in [5.41, 5.74) is 0.136. The molecule has 0 radical (unpaired) electrons. The predicted molar refractivity (Wildman–Crippen MR) is 132 cm³/mol. The Kier molecular flexibility index (Phi) is 13.4. The molecule has 0 bridgehead atoms. The van der Waals surface area contributed by atoms with Gasteiger partial charge >= 0.3 is 0 Å². The maximum absolute atomic E-state index is 12.7. The van der Waals surface area contributed by atoms with Crippen molar-refractivity contribution < 1.29 is 8.42 Å². The molecule has 0 aromatic heterocycles. The first-order valence-corrected chi connectivity index (χ1v) is 12.2. The van der Waals surface area contributed by atoms with Gasteiger partial charge in [-0.25, -0.2) is 18.1 Å². The summed E-state index contributed by atoms with van der Waals surface area (Å²) in [6.07, 6.45) is 4.35. The molecule has 9 heteroatoms. The molecule has 0 aliphatic rings. The molecule has 1 rings (SSSR count). The average Bonchev–Trinajstić information content (AvgIpc) is 2.57. The van der Waals surface area contributed by atoms with Crippen LogP contribution in [0.5, 0.6) is 0 Å². The first kappa shape index (κ1) is 27.5. The first-order chi connectivity index (χ1) is 12.7. The lowest BCUT2D eigenvalue weighted by Gasteiger charge is -2.21. The second-order valence-corrected chi connectivity index (χ2v) is 9.92. The van der Waals surface area contributed by atoms with Gasteiger partial charge in [0, 0.05) is 18.6 Å². The Morgan fingerprint density at radius 2 is 1.82 bits per heavy atom. The number of thioether (sulfide) groups is 1. The average molecular weight is 543 g/mol. The van der Waals surface area contributed by atoms with Gasteiger partial charge < -0.3 is 10.6 Å². The van der Waals surface area contributed by atoms with E-state index in [1.165, 1.54) is 0 Å². The molecule has 0 atom stereocenters. The molecule has 0 saturated carbocycles. The van der Waals surface area contributed by atoms with Crippen LogP contribution in [0.2, 0.25) is 0 Å². The molecule has 3 N–H and O–H groups in total. The predicted octanol–water partition coefficient (Wildman–Crippen LogP) is 3.58. The summed E-state index contributed by atoms with van der Waals surface area (Å²) in [6.45, 7) is 9.39. The molecular weight excluding hydrogens is 507 g/mol. The summed E-state index contributed by atoms with van der Waals surface area (Å²) >= 11 is 1.85. The van der Waals surface area contributed by atoms with Gasteiger partial charge in [-0.3, -0.25) is 0 Å². The van der Waals surface area contributed by atoms with Crippen molar-refractivity contribution in [3.8, 4) is 0 Å². The minimum atomic E-state index is -3.60. The van der Waals surface area contributed by atoms with Crippen LogP contribution < -0.4 is 15.4 Å². The number of hydrogen-bond donors (Lipinski definition) is 3. The molecule has 162 valence electrons. The minimum absolute atomic E-state index is 0. The third-order valence-electron chi connectivity index (χ3n) is 3.52. The number of nitrogens with one attached hydrogen (secondary N) is 3. The van der Waals surface area contributed by atoms with Gasteiger partial charge in [0.25, 0.3) is 0 Å². The first-order valence-electron chi connectivity index (χ1n) is 9.32. The van der Waals surface area contributed by atoms with E-state index in [1.54, 1.807) is 12.1 Å². The van der Waals surface area contributed by atoms with Gasteiger partial charge in [-0.1, -0.05) is 18.2 Å². The fourth-order valence-electron chi connectivity index (χ4n) is 2.44. The Bertz CT molecular complexity index is 704. The van der Waals surface area contributed by atoms with Crippen molar-refractivity contribution in [3.63, 3.8) is 0 Å². The smallest absolute Gasteiger partial charge is 0.241 e. The highest BCUT2D eigenvalue weighted by molar-refractivity contribution is 14.0. The van der Waals surface area contributed by atoms with Crippen molar-refractivity contribution in [2.75, 3.05) is 25.1 Å². The second-order valence-electron chi connectivity index (χ2n) is 7.29. The lowest BCUT2D eigenvalue weighted by molar-refractivity contribution is 0.491. The summed E-state index contributed by atoms with van der Waals surface area (Å²) < 4.78 is 28.1. The Balaban J connectivity index is 0.00000729. The van der Waals surface area contributed by atoms with Gasteiger partial charge in [0.1, 0.15) is 0 Å². The summed E-state index contributed by atoms with van der Waals surface area (Å²) in [5, 5.41) is 6.52. The number of benzene rings is 1. The summed E-state index contributed by atoms with van der Waals surface area (Å²) in [6, 6.07) is 7.01. The van der Waals surface area contributed by atoms with Crippen LogP contribution in [-0.4, -0.2) is 45.0 Å². The molecule has 0 amide bonds. The molecule has 0 heterocycles. The van der Waals surface area contributed by atoms with Crippen LogP contribution in [0.25, 0.3) is 0 Å². The molecule has 28 heavy (non-hydrogen) atoms. The third-order valence-corrected chi connectivity index (χ3v) is 6.08. The van der Waals surface area contributed by atoms with Crippen LogP contribution in [0, 0.1) is 0 Å². The highest BCUT2D eigenvalue weighted by Crippen LogP contribution is 2.18. The molecule has 0 aliphatic heterocycles. The van der Waals surface area contributed by atoms with E-state index in [0.717, 1.165) is 31.7 Å². The van der Waals surface area contributed by atoms with Crippen molar-refractivity contribution in [3.05, 3.63) is 29.8 Å². The number of aliphatic imine (C=N–C) groups is 1. The Morgan fingerprint density at radius 3 is 2.43 bits per heavy atom. The van der Waals surface area contributed by atoms with Crippen LogP contribution in [0.3, 0.4) is 0 Å². The monoisotopic (exact) mass is 542 g/mol. The number of hydrogen-bond acceptors (Lipinski definition) is 4. The molecule has 0 unspecified atom stereocenters. The minimum Gasteiger partial charge on any atom is -0.357 e. The fraction of sp³-hybridized carbons (Fsp3) is 0.632. The zero-order valence-electron chi connectivity index (χ0n) is 17.5. The SMILES string of the molecule is CCNC(=NCc1ccccc1S(=O)(=O)NC(C)(C)C)NCCCCSC.I. The molecular formula is C19H35IN4O2S2. The molecule has 0 saturated heterocycles. The van der Waals surface area contributed by atoms with Gasteiger partial charge in [-0.2, -0.15) is 11.8 Å². The van der Waals surface area contributed by atoms with Crippen molar-refractivity contribution >= 4 is 51.7 Å². The van der Waals surface area contributed by atoms with Crippen molar-refractivity contribution in [1.82, 2.24) is 15.4 Å². The quantitative estimate of drug-likeness (QED) is 0.182. The van der Waals surface area contributed by atoms with E-state index in [2.05, 4.69) is 26.6 Å². The number of unbranched alkanes of at least 4 members (excludes halogenated alkanes) is 1. The zero-order chi connectivity index (χ0) is 20.3. The lowest BCUT2D eigenvalue weighted by atomic mass is 10.1. The van der Waals surface area contributed by atoms with E-state index >= 15 is 0 Å². The van der Waals surface area contributed by atoms with Crippen molar-refractivity contribution in [2.45, 2.75) is 57.5 Å². The summed E-state index contributed by atoms with van der Waals surface area (Å²) in [4.78, 5) is 4.85. The number of guanidine groups is 1. The lowest BCUT2D eigenvalue weighted by Crippen LogP contribution is -2.40. The van der Waals surface area contributed by atoms with Crippen LogP contribution in [0.15, 0.2) is 34.2 Å². The molecule has 1 aromatic rings. The number of nitrogens with zero attached hydrogens (tertiary/aromatic N) is 1. The Labute approximate surface area is 192 Å². The Morgan fingerprint density at radius 1 is 1.14 bits per heavy atom. The zero-order valence-corrected chi connectivity index (χ0v) is 21.5. The van der Waals surface area contributed by atoms with Crippen molar-refractivity contribution in [1.29, 1.82) is 0 Å². The maximum atomic E-state index is 12.7. The van der Waals surface area contributed by atoms with Crippen LogP contribution in [-0.2, 0) is 16.6 Å². The van der Waals surface area contributed by atoms with E-state index in [4.69, 9.17) is 0 Å². The summed E-state index contributed by atoms with van der Waals surface area (Å²) in [7, 11) is -3.60. The largest absolute Gasteiger partial charge is 0.357 e. The molecule has 0 fully saturated rings. The second kappa shape index (κ2) is 13.7.